The Labute approximate surface area is 240 Å². The topological polar surface area (TPSA) is 129 Å². The van der Waals surface area contributed by atoms with E-state index in [4.69, 9.17) is 24.7 Å². The summed E-state index contributed by atoms with van der Waals surface area (Å²) in [4.78, 5) is 38.3. The van der Waals surface area contributed by atoms with Gasteiger partial charge in [-0.25, -0.2) is 9.59 Å². The molecule has 0 radical (unpaired) electrons. The fourth-order valence-corrected chi connectivity index (χ4v) is 4.23. The van der Waals surface area contributed by atoms with Crippen LogP contribution in [0, 0.1) is 6.92 Å². The second-order valence-corrected chi connectivity index (χ2v) is 9.12. The largest absolute Gasteiger partial charge is 0.495 e. The molecule has 3 aromatic carbocycles. The van der Waals surface area contributed by atoms with Crippen molar-refractivity contribution < 1.29 is 33.3 Å². The Morgan fingerprint density at radius 1 is 0.878 bits per heavy atom. The van der Waals surface area contributed by atoms with E-state index in [1.54, 1.807) is 43.3 Å². The number of nitrogens with zero attached hydrogens (tertiary/aromatic N) is 1. The van der Waals surface area contributed by atoms with Gasteiger partial charge in [0.15, 0.2) is 11.5 Å². The first-order valence-electron chi connectivity index (χ1n) is 13.3. The summed E-state index contributed by atoms with van der Waals surface area (Å²) in [7, 11) is 3.01. The quantitative estimate of drug-likeness (QED) is 0.203. The number of aryl methyl sites for hydroxylation is 1. The lowest BCUT2D eigenvalue weighted by Crippen LogP contribution is -2.32. The second-order valence-electron chi connectivity index (χ2n) is 9.12. The summed E-state index contributed by atoms with van der Waals surface area (Å²) < 4.78 is 21.6. The molecule has 0 spiro atoms. The van der Waals surface area contributed by atoms with Crippen LogP contribution in [0.5, 0.6) is 17.2 Å². The number of rotatable bonds is 15. The summed E-state index contributed by atoms with van der Waals surface area (Å²) in [6.45, 7) is 5.28. The molecule has 3 rings (SSSR count). The van der Waals surface area contributed by atoms with Crippen molar-refractivity contribution >= 4 is 29.2 Å². The molecule has 0 saturated heterocycles. The first-order valence-corrected chi connectivity index (χ1v) is 13.3. The number of anilines is 2. The average Bonchev–Trinajstić information content (AvgIpc) is 2.96. The van der Waals surface area contributed by atoms with Crippen molar-refractivity contribution in [2.75, 3.05) is 45.4 Å². The Morgan fingerprint density at radius 2 is 1.63 bits per heavy atom. The highest BCUT2D eigenvalue weighted by Gasteiger charge is 2.21. The Kier molecular flexibility index (Phi) is 11.5. The number of carbonyl (C=O) groups excluding carboxylic acids is 3. The molecule has 218 valence electrons. The van der Waals surface area contributed by atoms with Gasteiger partial charge in [0.1, 0.15) is 18.1 Å². The van der Waals surface area contributed by atoms with Crippen LogP contribution in [0.25, 0.3) is 0 Å². The van der Waals surface area contributed by atoms with E-state index in [1.165, 1.54) is 19.1 Å². The van der Waals surface area contributed by atoms with Gasteiger partial charge in [0.05, 0.1) is 37.8 Å². The van der Waals surface area contributed by atoms with Crippen molar-refractivity contribution in [1.29, 1.82) is 0 Å². The highest BCUT2D eigenvalue weighted by atomic mass is 16.5. The maximum absolute atomic E-state index is 12.6. The minimum Gasteiger partial charge on any atom is -0.495 e. The molecule has 0 unspecified atom stereocenters. The number of urea groups is 1. The van der Waals surface area contributed by atoms with E-state index in [0.29, 0.717) is 60.3 Å². The summed E-state index contributed by atoms with van der Waals surface area (Å²) in [5.74, 6) is 1.01. The van der Waals surface area contributed by atoms with Gasteiger partial charge in [-0.05, 0) is 61.4 Å². The number of ketones is 1. The van der Waals surface area contributed by atoms with Crippen molar-refractivity contribution in [3.63, 3.8) is 0 Å². The number of nitrogens with two attached hydrogens (primary N) is 1. The van der Waals surface area contributed by atoms with Crippen molar-refractivity contribution in [2.24, 2.45) is 5.73 Å². The number of para-hydroxylation sites is 1. The van der Waals surface area contributed by atoms with E-state index in [2.05, 4.69) is 5.32 Å². The number of benzene rings is 3. The molecule has 0 fully saturated rings. The summed E-state index contributed by atoms with van der Waals surface area (Å²) >= 11 is 0. The SMILES string of the molecule is CCOC(=O)c1ccc(OCCNCCC(=O)Cc2ccc(N(C(N)=O)c3ccccc3C)c(OC)c2)c(OC)c1. The molecule has 0 aromatic heterocycles. The number of hydrogen-bond acceptors (Lipinski definition) is 8. The van der Waals surface area contributed by atoms with Crippen LogP contribution < -0.4 is 30.2 Å². The van der Waals surface area contributed by atoms with E-state index in [1.807, 2.05) is 31.2 Å². The fourth-order valence-electron chi connectivity index (χ4n) is 4.23. The van der Waals surface area contributed by atoms with Crippen LogP contribution in [0.15, 0.2) is 60.7 Å². The molecule has 0 atom stereocenters. The molecule has 3 N–H and O–H groups in total. The predicted octanol–water partition coefficient (Wildman–Crippen LogP) is 4.58. The first kappa shape index (κ1) is 31.0. The smallest absolute Gasteiger partial charge is 0.338 e. The summed E-state index contributed by atoms with van der Waals surface area (Å²) in [5, 5.41) is 3.20. The molecular formula is C31H37N3O7. The van der Waals surface area contributed by atoms with Crippen LogP contribution in [-0.2, 0) is 16.0 Å². The summed E-state index contributed by atoms with van der Waals surface area (Å²) in [6.07, 6.45) is 0.554. The monoisotopic (exact) mass is 563 g/mol. The lowest BCUT2D eigenvalue weighted by Gasteiger charge is -2.24. The van der Waals surface area contributed by atoms with Crippen LogP contribution >= 0.6 is 0 Å². The third-order valence-electron chi connectivity index (χ3n) is 6.25. The molecule has 0 aliphatic rings. The molecule has 3 aromatic rings. The van der Waals surface area contributed by atoms with Gasteiger partial charge in [0.2, 0.25) is 0 Å². The second kappa shape index (κ2) is 15.3. The third-order valence-corrected chi connectivity index (χ3v) is 6.25. The van der Waals surface area contributed by atoms with Gasteiger partial charge in [-0.1, -0.05) is 24.3 Å². The van der Waals surface area contributed by atoms with Gasteiger partial charge in [-0.3, -0.25) is 9.69 Å². The minimum absolute atomic E-state index is 0.0510. The highest BCUT2D eigenvalue weighted by Crippen LogP contribution is 2.36. The van der Waals surface area contributed by atoms with Crippen LogP contribution in [0.4, 0.5) is 16.2 Å². The lowest BCUT2D eigenvalue weighted by atomic mass is 10.0. The van der Waals surface area contributed by atoms with Crippen LogP contribution in [-0.4, -0.2) is 58.3 Å². The fraction of sp³-hybridized carbons (Fsp3) is 0.323. The maximum Gasteiger partial charge on any atom is 0.338 e. The zero-order valence-corrected chi connectivity index (χ0v) is 23.9. The zero-order valence-electron chi connectivity index (χ0n) is 23.9. The van der Waals surface area contributed by atoms with E-state index < -0.39 is 12.0 Å². The van der Waals surface area contributed by atoms with Crippen LogP contribution in [0.3, 0.4) is 0 Å². The van der Waals surface area contributed by atoms with Crippen LogP contribution in [0.2, 0.25) is 0 Å². The Balaban J connectivity index is 1.49. The highest BCUT2D eigenvalue weighted by molar-refractivity contribution is 6.00. The van der Waals surface area contributed by atoms with E-state index in [0.717, 1.165) is 11.1 Å². The van der Waals surface area contributed by atoms with Gasteiger partial charge in [0, 0.05) is 25.9 Å². The Morgan fingerprint density at radius 3 is 2.32 bits per heavy atom. The van der Waals surface area contributed by atoms with Crippen molar-refractivity contribution in [1.82, 2.24) is 5.32 Å². The third kappa shape index (κ3) is 8.46. The van der Waals surface area contributed by atoms with E-state index >= 15 is 0 Å². The molecule has 0 heterocycles. The molecule has 10 heteroatoms. The van der Waals surface area contributed by atoms with Gasteiger partial charge in [0.25, 0.3) is 0 Å². The van der Waals surface area contributed by atoms with E-state index in [9.17, 15) is 14.4 Å². The maximum atomic E-state index is 12.6. The number of carbonyl (C=O) groups is 3. The number of methoxy groups -OCH3 is 2. The normalized spacial score (nSPS) is 10.5. The van der Waals surface area contributed by atoms with Crippen LogP contribution in [0.1, 0.15) is 34.8 Å². The average molecular weight is 564 g/mol. The molecule has 0 aliphatic heterocycles. The number of hydrogen-bond donors (Lipinski definition) is 2. The minimum atomic E-state index is -0.636. The number of primary amides is 1. The lowest BCUT2D eigenvalue weighted by molar-refractivity contribution is -0.118. The molecule has 10 nitrogen and oxygen atoms in total. The molecular weight excluding hydrogens is 526 g/mol. The molecule has 41 heavy (non-hydrogen) atoms. The number of amides is 2. The van der Waals surface area contributed by atoms with E-state index in [-0.39, 0.29) is 18.8 Å². The van der Waals surface area contributed by atoms with Crippen molar-refractivity contribution in [3.8, 4) is 17.2 Å². The number of esters is 1. The zero-order chi connectivity index (χ0) is 29.8. The van der Waals surface area contributed by atoms with Gasteiger partial charge >= 0.3 is 12.0 Å². The predicted molar refractivity (Wildman–Crippen MR) is 157 cm³/mol. The summed E-state index contributed by atoms with van der Waals surface area (Å²) in [5.41, 5.74) is 8.91. The molecule has 0 aliphatic carbocycles. The number of Topliss-reactive ketones (excluding diaryl/α,β-unsaturated/α-hetero) is 1. The van der Waals surface area contributed by atoms with Crippen molar-refractivity contribution in [2.45, 2.75) is 26.7 Å². The van der Waals surface area contributed by atoms with Gasteiger partial charge in [-0.2, -0.15) is 0 Å². The molecule has 0 bridgehead atoms. The Bertz CT molecular complexity index is 1360. The first-order chi connectivity index (χ1) is 19.8. The summed E-state index contributed by atoms with van der Waals surface area (Å²) in [6, 6.07) is 16.9. The standard InChI is InChI=1S/C31H37N3O7/c1-5-40-30(36)23-11-13-27(29(20-23)39-4)41-17-16-33-15-14-24(35)18-22-10-12-26(28(19-22)38-3)34(31(32)37)25-9-7-6-8-21(25)2/h6-13,19-20,33H,5,14-18H2,1-4H3,(H2,32,37). The molecule has 0 saturated carbocycles. The van der Waals surface area contributed by atoms with Crippen molar-refractivity contribution in [3.05, 3.63) is 77.4 Å². The number of ether oxygens (including phenoxy) is 4. The molecule has 2 amide bonds. The van der Waals surface area contributed by atoms with Gasteiger partial charge < -0.3 is 30.0 Å². The van der Waals surface area contributed by atoms with Gasteiger partial charge in [-0.15, -0.1) is 0 Å². The Hall–Kier alpha value is -4.57. The number of nitrogens with one attached hydrogen (secondary N) is 1.